The van der Waals surface area contributed by atoms with Gasteiger partial charge in [-0.05, 0) is 30.9 Å². The molecule has 0 saturated carbocycles. The Kier molecular flexibility index (Phi) is 5.69. The van der Waals surface area contributed by atoms with Crippen molar-refractivity contribution in [2.45, 2.75) is 46.1 Å². The smallest absolute Gasteiger partial charge is 0.303 e. The van der Waals surface area contributed by atoms with Crippen molar-refractivity contribution >= 4 is 5.97 Å². The normalized spacial score (nSPS) is 13.8. The van der Waals surface area contributed by atoms with E-state index in [2.05, 4.69) is 19.9 Å². The summed E-state index contributed by atoms with van der Waals surface area (Å²) >= 11 is 0. The van der Waals surface area contributed by atoms with Gasteiger partial charge in [0, 0.05) is 6.92 Å². The van der Waals surface area contributed by atoms with Gasteiger partial charge in [-0.3, -0.25) is 4.79 Å². The van der Waals surface area contributed by atoms with Crippen molar-refractivity contribution in [1.82, 2.24) is 0 Å². The number of hydrogen-bond donors (Lipinski definition) is 0. The number of ether oxygens (including phenoxy) is 2. The molecule has 0 amide bonds. The van der Waals surface area contributed by atoms with Gasteiger partial charge in [0.2, 0.25) is 0 Å². The lowest BCUT2D eigenvalue weighted by Crippen LogP contribution is -2.20. The molecular weight excluding hydrogens is 228 g/mol. The molecule has 3 nitrogen and oxygen atoms in total. The first-order chi connectivity index (χ1) is 8.54. The summed E-state index contributed by atoms with van der Waals surface area (Å²) in [5, 5.41) is 0. The van der Waals surface area contributed by atoms with Crippen molar-refractivity contribution in [2.75, 3.05) is 6.61 Å². The summed E-state index contributed by atoms with van der Waals surface area (Å²) in [6, 6.07) is 8.02. The van der Waals surface area contributed by atoms with Crippen LogP contribution in [0.15, 0.2) is 24.3 Å². The summed E-state index contributed by atoms with van der Waals surface area (Å²) in [7, 11) is 0. The predicted octanol–water partition coefficient (Wildman–Crippen LogP) is 3.53. The fourth-order valence-corrected chi connectivity index (χ4v) is 1.76. The second-order valence-corrected chi connectivity index (χ2v) is 4.58. The average molecular weight is 250 g/mol. The first-order valence-electron chi connectivity index (χ1n) is 6.43. The maximum absolute atomic E-state index is 10.8. The molecule has 2 atom stereocenters. The molecule has 1 aromatic carbocycles. The Morgan fingerprint density at radius 3 is 2.56 bits per heavy atom. The zero-order valence-corrected chi connectivity index (χ0v) is 11.6. The van der Waals surface area contributed by atoms with Crippen molar-refractivity contribution < 1.29 is 14.3 Å². The molecule has 0 spiro atoms. The summed E-state index contributed by atoms with van der Waals surface area (Å²) < 4.78 is 10.8. The topological polar surface area (TPSA) is 35.5 Å². The number of hydrogen-bond acceptors (Lipinski definition) is 3. The standard InChI is InChI=1S/C15H22O3/c1-5-11(2)14-8-6-7-9-15(14)17-10-12(3)18-13(4)16/h6-9,11-12H,5,10H2,1-4H3. The Morgan fingerprint density at radius 1 is 1.28 bits per heavy atom. The summed E-state index contributed by atoms with van der Waals surface area (Å²) in [4.78, 5) is 10.8. The van der Waals surface area contributed by atoms with Crippen LogP contribution in [0, 0.1) is 0 Å². The minimum absolute atomic E-state index is 0.229. The van der Waals surface area contributed by atoms with Gasteiger partial charge in [0.25, 0.3) is 0 Å². The van der Waals surface area contributed by atoms with Crippen LogP contribution in [-0.2, 0) is 9.53 Å². The van der Waals surface area contributed by atoms with E-state index < -0.39 is 0 Å². The Labute approximate surface area is 109 Å². The van der Waals surface area contributed by atoms with Crippen LogP contribution in [0.5, 0.6) is 5.75 Å². The van der Waals surface area contributed by atoms with Crippen molar-refractivity contribution in [2.24, 2.45) is 0 Å². The van der Waals surface area contributed by atoms with Crippen molar-refractivity contribution in [3.63, 3.8) is 0 Å². The predicted molar refractivity (Wildman–Crippen MR) is 71.9 cm³/mol. The van der Waals surface area contributed by atoms with Crippen LogP contribution in [0.25, 0.3) is 0 Å². The molecule has 0 saturated heterocycles. The van der Waals surface area contributed by atoms with Gasteiger partial charge in [-0.25, -0.2) is 0 Å². The molecule has 0 aromatic heterocycles. The van der Waals surface area contributed by atoms with E-state index in [1.165, 1.54) is 12.5 Å². The van der Waals surface area contributed by atoms with E-state index >= 15 is 0 Å². The van der Waals surface area contributed by atoms with E-state index in [9.17, 15) is 4.79 Å². The largest absolute Gasteiger partial charge is 0.489 e. The van der Waals surface area contributed by atoms with Crippen LogP contribution in [0.4, 0.5) is 0 Å². The fourth-order valence-electron chi connectivity index (χ4n) is 1.76. The molecule has 0 fully saturated rings. The molecule has 3 heteroatoms. The lowest BCUT2D eigenvalue weighted by molar-refractivity contribution is -0.146. The van der Waals surface area contributed by atoms with E-state index in [1.54, 1.807) is 0 Å². The van der Waals surface area contributed by atoms with Crippen LogP contribution in [0.1, 0.15) is 45.6 Å². The lowest BCUT2D eigenvalue weighted by Gasteiger charge is -2.18. The summed E-state index contributed by atoms with van der Waals surface area (Å²) in [6.07, 6.45) is 0.840. The second kappa shape index (κ2) is 7.04. The van der Waals surface area contributed by atoms with Crippen molar-refractivity contribution in [3.05, 3.63) is 29.8 Å². The number of benzene rings is 1. The summed E-state index contributed by atoms with van der Waals surface area (Å²) in [5.74, 6) is 1.07. The second-order valence-electron chi connectivity index (χ2n) is 4.58. The van der Waals surface area contributed by atoms with Crippen LogP contribution in [0.2, 0.25) is 0 Å². The molecule has 0 radical (unpaired) electrons. The maximum atomic E-state index is 10.8. The van der Waals surface area contributed by atoms with Gasteiger partial charge < -0.3 is 9.47 Å². The Morgan fingerprint density at radius 2 is 1.94 bits per heavy atom. The highest BCUT2D eigenvalue weighted by Crippen LogP contribution is 2.28. The molecule has 100 valence electrons. The Hall–Kier alpha value is -1.51. The van der Waals surface area contributed by atoms with E-state index in [0.29, 0.717) is 12.5 Å². The third kappa shape index (κ3) is 4.40. The van der Waals surface area contributed by atoms with E-state index in [-0.39, 0.29) is 12.1 Å². The lowest BCUT2D eigenvalue weighted by atomic mass is 9.98. The van der Waals surface area contributed by atoms with Gasteiger partial charge in [0.15, 0.2) is 0 Å². The fraction of sp³-hybridized carbons (Fsp3) is 0.533. The number of carbonyl (C=O) groups is 1. The van der Waals surface area contributed by atoms with Gasteiger partial charge in [0.1, 0.15) is 18.5 Å². The number of rotatable bonds is 6. The Balaban J connectivity index is 2.64. The molecule has 2 unspecified atom stereocenters. The SMILES string of the molecule is CCC(C)c1ccccc1OCC(C)OC(C)=O. The maximum Gasteiger partial charge on any atom is 0.303 e. The van der Waals surface area contributed by atoms with Crippen molar-refractivity contribution in [3.8, 4) is 5.75 Å². The van der Waals surface area contributed by atoms with Gasteiger partial charge >= 0.3 is 5.97 Å². The molecule has 0 aliphatic rings. The Bertz CT molecular complexity index is 387. The summed E-state index contributed by atoms with van der Waals surface area (Å²) in [5.41, 5.74) is 1.20. The molecule has 1 rings (SSSR count). The first-order valence-corrected chi connectivity index (χ1v) is 6.43. The minimum Gasteiger partial charge on any atom is -0.489 e. The number of para-hydroxylation sites is 1. The number of carbonyl (C=O) groups excluding carboxylic acids is 1. The monoisotopic (exact) mass is 250 g/mol. The van der Waals surface area contributed by atoms with Crippen LogP contribution in [0.3, 0.4) is 0 Å². The molecular formula is C15H22O3. The first kappa shape index (κ1) is 14.6. The molecule has 0 aliphatic carbocycles. The quantitative estimate of drug-likeness (QED) is 0.724. The van der Waals surface area contributed by atoms with Crippen molar-refractivity contribution in [1.29, 1.82) is 0 Å². The van der Waals surface area contributed by atoms with E-state index in [0.717, 1.165) is 12.2 Å². The van der Waals surface area contributed by atoms with Gasteiger partial charge in [-0.2, -0.15) is 0 Å². The number of esters is 1. The molecule has 1 aromatic rings. The highest BCUT2D eigenvalue weighted by molar-refractivity contribution is 5.66. The van der Waals surface area contributed by atoms with E-state index in [1.807, 2.05) is 25.1 Å². The van der Waals surface area contributed by atoms with Gasteiger partial charge in [-0.1, -0.05) is 32.0 Å². The highest BCUT2D eigenvalue weighted by atomic mass is 16.6. The molecule has 0 aliphatic heterocycles. The van der Waals surface area contributed by atoms with Crippen LogP contribution >= 0.6 is 0 Å². The zero-order chi connectivity index (χ0) is 13.5. The highest BCUT2D eigenvalue weighted by Gasteiger charge is 2.11. The van der Waals surface area contributed by atoms with Gasteiger partial charge in [-0.15, -0.1) is 0 Å². The summed E-state index contributed by atoms with van der Waals surface area (Å²) in [6.45, 7) is 7.95. The third-order valence-corrected chi connectivity index (χ3v) is 2.90. The van der Waals surface area contributed by atoms with Crippen LogP contribution < -0.4 is 4.74 Å². The van der Waals surface area contributed by atoms with E-state index in [4.69, 9.17) is 9.47 Å². The average Bonchev–Trinajstić information content (AvgIpc) is 2.35. The van der Waals surface area contributed by atoms with Gasteiger partial charge in [0.05, 0.1) is 0 Å². The molecule has 18 heavy (non-hydrogen) atoms. The third-order valence-electron chi connectivity index (χ3n) is 2.90. The van der Waals surface area contributed by atoms with Crippen LogP contribution in [-0.4, -0.2) is 18.7 Å². The zero-order valence-electron chi connectivity index (χ0n) is 11.6. The molecule has 0 N–H and O–H groups in total. The molecule has 0 heterocycles. The minimum atomic E-state index is -0.277. The molecule has 0 bridgehead atoms.